The number of carbonyl (C=O) groups is 1. The molecule has 0 saturated carbocycles. The first-order valence-electron chi connectivity index (χ1n) is 5.55. The molecule has 0 radical (unpaired) electrons. The van der Waals surface area contributed by atoms with Gasteiger partial charge >= 0.3 is 5.97 Å². The van der Waals surface area contributed by atoms with E-state index in [1.54, 1.807) is 0 Å². The Hall–Kier alpha value is -1.16. The minimum atomic E-state index is -0.0895. The number of methoxy groups -OCH3 is 1. The van der Waals surface area contributed by atoms with Crippen LogP contribution in [-0.2, 0) is 9.53 Å². The highest BCUT2D eigenvalue weighted by Crippen LogP contribution is 2.24. The molecule has 92 valence electrons. The number of carbonyl (C=O) groups excluding carboxylic acids is 1. The van der Waals surface area contributed by atoms with Crippen LogP contribution in [0.25, 0.3) is 5.70 Å². The molecule has 1 atom stereocenters. The Bertz CT molecular complexity index is 403. The van der Waals surface area contributed by atoms with Crippen molar-refractivity contribution >= 4 is 11.7 Å². The molecule has 1 aromatic rings. The van der Waals surface area contributed by atoms with E-state index < -0.39 is 0 Å². The lowest BCUT2D eigenvalue weighted by Gasteiger charge is -2.16. The van der Waals surface area contributed by atoms with Crippen LogP contribution in [0.5, 0.6) is 0 Å². The molecule has 2 rings (SSSR count). The van der Waals surface area contributed by atoms with Gasteiger partial charge < -0.3 is 21.7 Å². The Kier molecular flexibility index (Phi) is 5.35. The number of pyridine rings is 1. The first kappa shape index (κ1) is 13.9. The number of aromatic nitrogens is 1. The zero-order chi connectivity index (χ0) is 11.4. The second-order valence-corrected chi connectivity index (χ2v) is 3.97. The van der Waals surface area contributed by atoms with Gasteiger partial charge in [-0.05, 0) is 18.9 Å². The average Bonchev–Trinajstić information content (AvgIpc) is 2.39. The molecule has 0 spiro atoms. The third kappa shape index (κ3) is 3.40. The molecule has 1 aliphatic carbocycles. The number of rotatable bonds is 2. The number of esters is 1. The van der Waals surface area contributed by atoms with E-state index in [9.17, 15) is 4.79 Å². The van der Waals surface area contributed by atoms with Gasteiger partial charge in [0, 0.05) is 18.6 Å². The average molecular weight is 298 g/mol. The molecule has 0 amide bonds. The van der Waals surface area contributed by atoms with Crippen molar-refractivity contribution in [1.82, 2.24) is 0 Å². The van der Waals surface area contributed by atoms with E-state index in [-0.39, 0.29) is 28.9 Å². The molecule has 1 heterocycles. The summed E-state index contributed by atoms with van der Waals surface area (Å²) in [6.45, 7) is 0. The SMILES string of the molecule is COC(=O)C1CC=C([n+]2ccccc2)CC1.[Br-]. The highest BCUT2D eigenvalue weighted by atomic mass is 79.9. The van der Waals surface area contributed by atoms with Crippen LogP contribution in [0.3, 0.4) is 0 Å². The largest absolute Gasteiger partial charge is 1.00 e. The predicted octanol–water partition coefficient (Wildman–Crippen LogP) is -1.21. The molecule has 0 bridgehead atoms. The van der Waals surface area contributed by atoms with Crippen molar-refractivity contribution in [1.29, 1.82) is 0 Å². The minimum absolute atomic E-state index is 0. The summed E-state index contributed by atoms with van der Waals surface area (Å²) in [4.78, 5) is 11.4. The maximum Gasteiger partial charge on any atom is 0.308 e. The molecule has 0 fully saturated rings. The summed E-state index contributed by atoms with van der Waals surface area (Å²) in [7, 11) is 1.45. The molecule has 1 aliphatic rings. The van der Waals surface area contributed by atoms with Gasteiger partial charge in [0.05, 0.1) is 13.0 Å². The molecule has 1 unspecified atom stereocenters. The lowest BCUT2D eigenvalue weighted by molar-refractivity contribution is -0.584. The molecular formula is C13H16BrNO2. The van der Waals surface area contributed by atoms with Crippen LogP contribution in [0.15, 0.2) is 36.7 Å². The Labute approximate surface area is 112 Å². The number of halogens is 1. The Morgan fingerprint density at radius 2 is 2.06 bits per heavy atom. The standard InChI is InChI=1S/C13H16NO2.BrH/c1-16-13(15)11-5-7-12(8-6-11)14-9-3-2-4-10-14;/h2-4,7,9-11H,5-6,8H2,1H3;1H/q+1;/p-1. The molecule has 1 aromatic heterocycles. The normalized spacial score (nSPS) is 18.9. The van der Waals surface area contributed by atoms with Crippen molar-refractivity contribution in [3.63, 3.8) is 0 Å². The van der Waals surface area contributed by atoms with Gasteiger partial charge in [-0.2, -0.15) is 4.57 Å². The van der Waals surface area contributed by atoms with Crippen molar-refractivity contribution in [2.75, 3.05) is 7.11 Å². The predicted molar refractivity (Wildman–Crippen MR) is 60.3 cm³/mol. The van der Waals surface area contributed by atoms with E-state index in [4.69, 9.17) is 4.74 Å². The van der Waals surface area contributed by atoms with Crippen LogP contribution in [-0.4, -0.2) is 13.1 Å². The lowest BCUT2D eigenvalue weighted by atomic mass is 9.92. The van der Waals surface area contributed by atoms with Gasteiger partial charge in [-0.1, -0.05) is 6.07 Å². The number of allylic oxidation sites excluding steroid dienone is 2. The van der Waals surface area contributed by atoms with Crippen molar-refractivity contribution in [3.8, 4) is 0 Å². The van der Waals surface area contributed by atoms with E-state index in [0.717, 1.165) is 19.3 Å². The lowest BCUT2D eigenvalue weighted by Crippen LogP contribution is -3.00. The molecule has 0 saturated heterocycles. The van der Waals surface area contributed by atoms with Crippen LogP contribution >= 0.6 is 0 Å². The fourth-order valence-corrected chi connectivity index (χ4v) is 2.03. The quantitative estimate of drug-likeness (QED) is 0.507. The number of hydrogen-bond acceptors (Lipinski definition) is 2. The van der Waals surface area contributed by atoms with Gasteiger partial charge in [0.15, 0.2) is 18.1 Å². The second-order valence-electron chi connectivity index (χ2n) is 3.97. The van der Waals surface area contributed by atoms with Crippen molar-refractivity contribution in [3.05, 3.63) is 36.7 Å². The van der Waals surface area contributed by atoms with Crippen LogP contribution in [0.4, 0.5) is 0 Å². The highest BCUT2D eigenvalue weighted by Gasteiger charge is 2.25. The van der Waals surface area contributed by atoms with E-state index in [0.29, 0.717) is 0 Å². The zero-order valence-corrected chi connectivity index (χ0v) is 11.4. The molecule has 0 aliphatic heterocycles. The maximum absolute atomic E-state index is 11.4. The van der Waals surface area contributed by atoms with Gasteiger partial charge in [0.1, 0.15) is 0 Å². The van der Waals surface area contributed by atoms with Gasteiger partial charge in [-0.15, -0.1) is 0 Å². The van der Waals surface area contributed by atoms with Crippen LogP contribution in [0.1, 0.15) is 19.3 Å². The summed E-state index contributed by atoms with van der Waals surface area (Å²) in [6, 6.07) is 6.01. The molecule has 4 heteroatoms. The van der Waals surface area contributed by atoms with Gasteiger partial charge in [0.2, 0.25) is 0 Å². The fourth-order valence-electron chi connectivity index (χ4n) is 2.03. The van der Waals surface area contributed by atoms with E-state index in [2.05, 4.69) is 10.6 Å². The monoisotopic (exact) mass is 297 g/mol. The topological polar surface area (TPSA) is 30.2 Å². The van der Waals surface area contributed by atoms with E-state index in [1.807, 2.05) is 30.6 Å². The summed E-state index contributed by atoms with van der Waals surface area (Å²) < 4.78 is 6.86. The maximum atomic E-state index is 11.4. The van der Waals surface area contributed by atoms with E-state index >= 15 is 0 Å². The number of nitrogens with zero attached hydrogens (tertiary/aromatic N) is 1. The van der Waals surface area contributed by atoms with Crippen molar-refractivity contribution in [2.45, 2.75) is 19.3 Å². The molecule has 17 heavy (non-hydrogen) atoms. The summed E-state index contributed by atoms with van der Waals surface area (Å²) in [5.74, 6) is -0.0496. The van der Waals surface area contributed by atoms with Crippen molar-refractivity contribution < 1.29 is 31.1 Å². The van der Waals surface area contributed by atoms with Crippen molar-refractivity contribution in [2.24, 2.45) is 5.92 Å². The Morgan fingerprint density at radius 1 is 1.35 bits per heavy atom. The first-order chi connectivity index (χ1) is 7.81. The zero-order valence-electron chi connectivity index (χ0n) is 9.80. The minimum Gasteiger partial charge on any atom is -1.00 e. The summed E-state index contributed by atoms with van der Waals surface area (Å²) in [6.07, 6.45) is 8.78. The third-order valence-corrected chi connectivity index (χ3v) is 2.97. The molecular weight excluding hydrogens is 282 g/mol. The molecule has 0 N–H and O–H groups in total. The number of hydrogen-bond donors (Lipinski definition) is 0. The fraction of sp³-hybridized carbons (Fsp3) is 0.385. The molecule has 3 nitrogen and oxygen atoms in total. The van der Waals surface area contributed by atoms with E-state index in [1.165, 1.54) is 12.8 Å². The van der Waals surface area contributed by atoms with Gasteiger partial charge in [-0.3, -0.25) is 4.79 Å². The summed E-state index contributed by atoms with van der Waals surface area (Å²) in [5.41, 5.74) is 1.26. The number of ether oxygens (including phenoxy) is 1. The highest BCUT2D eigenvalue weighted by molar-refractivity contribution is 5.73. The van der Waals surface area contributed by atoms with Crippen LogP contribution < -0.4 is 21.5 Å². The Balaban J connectivity index is 0.00000144. The van der Waals surface area contributed by atoms with Crippen LogP contribution in [0.2, 0.25) is 0 Å². The van der Waals surface area contributed by atoms with Gasteiger partial charge in [-0.25, -0.2) is 0 Å². The Morgan fingerprint density at radius 3 is 2.59 bits per heavy atom. The smallest absolute Gasteiger partial charge is 0.308 e. The summed E-state index contributed by atoms with van der Waals surface area (Å²) in [5, 5.41) is 0. The van der Waals surface area contributed by atoms with Crippen LogP contribution in [0, 0.1) is 5.92 Å². The first-order valence-corrected chi connectivity index (χ1v) is 5.55. The second kappa shape index (κ2) is 6.55. The van der Waals surface area contributed by atoms with Gasteiger partial charge in [0.25, 0.3) is 0 Å². The summed E-state index contributed by atoms with van der Waals surface area (Å²) >= 11 is 0. The third-order valence-electron chi connectivity index (χ3n) is 2.97. The molecule has 0 aromatic carbocycles.